The zero-order valence-electron chi connectivity index (χ0n) is 21.5. The number of aromatic nitrogens is 1. The molecule has 1 saturated heterocycles. The molecule has 0 aliphatic carbocycles. The van der Waals surface area contributed by atoms with Crippen molar-refractivity contribution in [1.82, 2.24) is 15.2 Å². The smallest absolute Gasteiger partial charge is 0.254 e. The molecule has 5 heteroatoms. The summed E-state index contributed by atoms with van der Waals surface area (Å²) < 4.78 is 0. The Morgan fingerprint density at radius 3 is 2.43 bits per heavy atom. The maximum atomic E-state index is 13.7. The lowest BCUT2D eigenvalue weighted by atomic mass is 9.90. The highest BCUT2D eigenvalue weighted by Gasteiger charge is 2.33. The van der Waals surface area contributed by atoms with E-state index in [-0.39, 0.29) is 23.8 Å². The lowest BCUT2D eigenvalue weighted by Crippen LogP contribution is -2.51. The number of benzene rings is 3. The van der Waals surface area contributed by atoms with Gasteiger partial charge in [0.1, 0.15) is 0 Å². The maximum absolute atomic E-state index is 13.7. The van der Waals surface area contributed by atoms with Crippen LogP contribution in [-0.4, -0.2) is 40.2 Å². The molecule has 1 fully saturated rings. The van der Waals surface area contributed by atoms with Crippen molar-refractivity contribution in [3.63, 3.8) is 0 Å². The molecule has 2 heterocycles. The first kappa shape index (κ1) is 24.8. The first-order chi connectivity index (χ1) is 18.0. The average molecular weight is 492 g/mol. The number of ketones is 1. The van der Waals surface area contributed by atoms with Crippen LogP contribution >= 0.6 is 0 Å². The molecule has 0 saturated carbocycles. The van der Waals surface area contributed by atoms with Gasteiger partial charge in [-0.05, 0) is 56.5 Å². The van der Waals surface area contributed by atoms with Crippen molar-refractivity contribution in [3.8, 4) is 0 Å². The summed E-state index contributed by atoms with van der Waals surface area (Å²) >= 11 is 0. The van der Waals surface area contributed by atoms with Gasteiger partial charge in [-0.1, -0.05) is 65.7 Å². The Balaban J connectivity index is 1.35. The molecule has 5 nitrogen and oxygen atoms in total. The molecule has 4 aromatic rings. The second kappa shape index (κ2) is 11.1. The van der Waals surface area contributed by atoms with E-state index in [1.807, 2.05) is 85.6 Å². The second-order valence-corrected chi connectivity index (χ2v) is 10.1. The molecule has 0 radical (unpaired) electrons. The predicted octanol–water partition coefficient (Wildman–Crippen LogP) is 5.89. The number of fused-ring (bicyclic) bond motifs is 1. The predicted molar refractivity (Wildman–Crippen MR) is 148 cm³/mol. The zero-order chi connectivity index (χ0) is 25.8. The van der Waals surface area contributed by atoms with Crippen LogP contribution in [0.15, 0.2) is 85.1 Å². The van der Waals surface area contributed by atoms with Crippen LogP contribution in [0.5, 0.6) is 0 Å². The lowest BCUT2D eigenvalue weighted by molar-refractivity contribution is 0.0550. The van der Waals surface area contributed by atoms with E-state index >= 15 is 0 Å². The highest BCUT2D eigenvalue weighted by Crippen LogP contribution is 2.26. The minimum absolute atomic E-state index is 0.0104. The van der Waals surface area contributed by atoms with Gasteiger partial charge in [-0.15, -0.1) is 0 Å². The van der Waals surface area contributed by atoms with Crippen molar-refractivity contribution >= 4 is 22.6 Å². The molecule has 188 valence electrons. The van der Waals surface area contributed by atoms with E-state index in [4.69, 9.17) is 0 Å². The Bertz CT molecular complexity index is 1390. The fourth-order valence-electron chi connectivity index (χ4n) is 5.48. The van der Waals surface area contributed by atoms with Crippen LogP contribution in [0.25, 0.3) is 10.9 Å². The minimum Gasteiger partial charge on any atom is -0.335 e. The Kier molecular flexibility index (Phi) is 7.42. The van der Waals surface area contributed by atoms with Gasteiger partial charge in [0.25, 0.3) is 5.91 Å². The van der Waals surface area contributed by atoms with Crippen molar-refractivity contribution in [1.29, 1.82) is 0 Å². The van der Waals surface area contributed by atoms with Crippen LogP contribution in [0.4, 0.5) is 0 Å². The van der Waals surface area contributed by atoms with Crippen molar-refractivity contribution in [3.05, 3.63) is 113 Å². The van der Waals surface area contributed by atoms with E-state index < -0.39 is 0 Å². The molecule has 1 aliphatic rings. The van der Waals surface area contributed by atoms with Crippen LogP contribution in [0.2, 0.25) is 0 Å². The number of nitrogens with one attached hydrogen (secondary N) is 1. The third-order valence-electron chi connectivity index (χ3n) is 7.28. The fraction of sp³-hybridized carbons (Fsp3) is 0.281. The number of carbonyl (C=O) groups is 2. The van der Waals surface area contributed by atoms with E-state index in [0.717, 1.165) is 41.4 Å². The number of hydrogen-bond acceptors (Lipinski definition) is 4. The Morgan fingerprint density at radius 1 is 0.919 bits per heavy atom. The van der Waals surface area contributed by atoms with Gasteiger partial charge in [0, 0.05) is 54.3 Å². The van der Waals surface area contributed by atoms with Crippen LogP contribution in [0.1, 0.15) is 56.7 Å². The number of para-hydroxylation sites is 1. The summed E-state index contributed by atoms with van der Waals surface area (Å²) in [6, 6.07) is 25.6. The number of pyridine rings is 1. The number of amides is 1. The van der Waals surface area contributed by atoms with Crippen LogP contribution in [0, 0.1) is 13.8 Å². The Labute approximate surface area is 218 Å². The monoisotopic (exact) mass is 491 g/mol. The molecule has 0 spiro atoms. The SMILES string of the molecule is Cc1cc(C)cc(C(=O)N2CC[C@H](NCc3ccnc4ccccc34)C[C@@H]2CC(=O)c2ccccc2)c1. The number of likely N-dealkylation sites (tertiary alicyclic amines) is 1. The second-order valence-electron chi connectivity index (χ2n) is 10.1. The van der Waals surface area contributed by atoms with Gasteiger partial charge in [-0.3, -0.25) is 14.6 Å². The van der Waals surface area contributed by atoms with Gasteiger partial charge >= 0.3 is 0 Å². The van der Waals surface area contributed by atoms with Crippen molar-refractivity contribution < 1.29 is 9.59 Å². The summed E-state index contributed by atoms with van der Waals surface area (Å²) in [4.78, 5) is 33.2. The number of aryl methyl sites for hydroxylation is 2. The number of nitrogens with zero attached hydrogens (tertiary/aromatic N) is 2. The molecule has 0 bridgehead atoms. The first-order valence-electron chi connectivity index (χ1n) is 13.0. The topological polar surface area (TPSA) is 62.3 Å². The summed E-state index contributed by atoms with van der Waals surface area (Å²) in [7, 11) is 0. The zero-order valence-corrected chi connectivity index (χ0v) is 21.5. The molecular formula is C32H33N3O2. The number of hydrogen-bond donors (Lipinski definition) is 1. The molecule has 1 amide bonds. The van der Waals surface area contributed by atoms with E-state index in [1.165, 1.54) is 5.56 Å². The highest BCUT2D eigenvalue weighted by atomic mass is 16.2. The van der Waals surface area contributed by atoms with E-state index in [2.05, 4.69) is 28.5 Å². The van der Waals surface area contributed by atoms with Crippen LogP contribution in [0.3, 0.4) is 0 Å². The molecule has 37 heavy (non-hydrogen) atoms. The quantitative estimate of drug-likeness (QED) is 0.328. The number of carbonyl (C=O) groups excluding carboxylic acids is 2. The van der Waals surface area contributed by atoms with Crippen molar-refractivity contribution in [2.24, 2.45) is 0 Å². The summed E-state index contributed by atoms with van der Waals surface area (Å²) in [5, 5.41) is 4.86. The van der Waals surface area contributed by atoms with Gasteiger partial charge < -0.3 is 10.2 Å². The number of Topliss-reactive ketones (excluding diaryl/α,β-unsaturated/α-hetero) is 1. The Hall–Kier alpha value is -3.83. The van der Waals surface area contributed by atoms with Gasteiger partial charge in [-0.25, -0.2) is 0 Å². The van der Waals surface area contributed by atoms with Crippen molar-refractivity contribution in [2.75, 3.05) is 6.54 Å². The lowest BCUT2D eigenvalue weighted by Gasteiger charge is -2.40. The molecule has 3 aromatic carbocycles. The normalized spacial score (nSPS) is 17.6. The third kappa shape index (κ3) is 5.78. The summed E-state index contributed by atoms with van der Waals surface area (Å²) in [5.41, 5.74) is 5.73. The molecular weight excluding hydrogens is 458 g/mol. The van der Waals surface area contributed by atoms with Gasteiger partial charge in [0.2, 0.25) is 0 Å². The molecule has 1 aromatic heterocycles. The first-order valence-corrected chi connectivity index (χ1v) is 13.0. The maximum Gasteiger partial charge on any atom is 0.254 e. The summed E-state index contributed by atoms with van der Waals surface area (Å²) in [6.45, 7) is 5.36. The summed E-state index contributed by atoms with van der Waals surface area (Å²) in [6.07, 6.45) is 3.75. The van der Waals surface area contributed by atoms with Gasteiger partial charge in [0.15, 0.2) is 5.78 Å². The fourth-order valence-corrected chi connectivity index (χ4v) is 5.48. The third-order valence-corrected chi connectivity index (χ3v) is 7.28. The van der Waals surface area contributed by atoms with E-state index in [1.54, 1.807) is 0 Å². The van der Waals surface area contributed by atoms with Gasteiger partial charge in [0.05, 0.1) is 5.52 Å². The van der Waals surface area contributed by atoms with Crippen LogP contribution < -0.4 is 5.32 Å². The van der Waals surface area contributed by atoms with Gasteiger partial charge in [-0.2, -0.15) is 0 Å². The number of rotatable bonds is 7. The number of piperidine rings is 1. The average Bonchev–Trinajstić information content (AvgIpc) is 2.91. The highest BCUT2D eigenvalue weighted by molar-refractivity contribution is 5.98. The minimum atomic E-state index is -0.165. The standard InChI is InChI=1S/C32H33N3O2/c1-22-16-23(2)18-26(17-22)32(37)35-15-13-27(19-28(35)20-31(36)24-8-4-3-5-9-24)34-21-25-12-14-33-30-11-7-6-10-29(25)30/h3-12,14,16-18,27-28,34H,13,15,19-21H2,1-2H3/t27-,28+/m0/s1. The van der Waals surface area contributed by atoms with Crippen LogP contribution in [-0.2, 0) is 6.54 Å². The Morgan fingerprint density at radius 2 is 1.65 bits per heavy atom. The van der Waals surface area contributed by atoms with Crippen molar-refractivity contribution in [2.45, 2.75) is 51.7 Å². The van der Waals surface area contributed by atoms with E-state index in [9.17, 15) is 9.59 Å². The molecule has 1 N–H and O–H groups in total. The molecule has 0 unspecified atom stereocenters. The summed E-state index contributed by atoms with van der Waals surface area (Å²) in [5.74, 6) is 0.0841. The molecule has 1 aliphatic heterocycles. The largest absolute Gasteiger partial charge is 0.335 e. The molecule has 2 atom stereocenters. The van der Waals surface area contributed by atoms with E-state index in [0.29, 0.717) is 24.1 Å². The molecule has 5 rings (SSSR count).